The van der Waals surface area contributed by atoms with E-state index in [2.05, 4.69) is 97.1 Å². The van der Waals surface area contributed by atoms with Crippen molar-refractivity contribution in [2.24, 2.45) is 0 Å². The van der Waals surface area contributed by atoms with Crippen molar-refractivity contribution < 1.29 is 0 Å². The molecule has 4 atom stereocenters. The monoisotopic (exact) mass is 370 g/mol. The molecule has 138 valence electrons. The van der Waals surface area contributed by atoms with E-state index < -0.39 is 0 Å². The molecule has 29 heavy (non-hydrogen) atoms. The predicted molar refractivity (Wildman–Crippen MR) is 119 cm³/mol. The summed E-state index contributed by atoms with van der Waals surface area (Å²) in [5.41, 5.74) is 12.0. The Morgan fingerprint density at radius 3 is 1.10 bits per heavy atom. The lowest BCUT2D eigenvalue weighted by Gasteiger charge is -2.37. The van der Waals surface area contributed by atoms with Gasteiger partial charge in [0.05, 0.1) is 0 Å². The highest BCUT2D eigenvalue weighted by atomic mass is 14.5. The zero-order valence-corrected chi connectivity index (χ0v) is 16.3. The van der Waals surface area contributed by atoms with Crippen molar-refractivity contribution in [1.29, 1.82) is 0 Å². The van der Waals surface area contributed by atoms with Gasteiger partial charge in [-0.3, -0.25) is 0 Å². The lowest BCUT2D eigenvalue weighted by atomic mass is 9.66. The van der Waals surface area contributed by atoms with Gasteiger partial charge >= 0.3 is 0 Å². The molecule has 0 aromatic heterocycles. The zero-order valence-electron chi connectivity index (χ0n) is 16.3. The van der Waals surface area contributed by atoms with Crippen molar-refractivity contribution in [3.63, 3.8) is 0 Å². The molecule has 0 spiro atoms. The first-order valence-electron chi connectivity index (χ1n) is 10.8. The molecular weight excluding hydrogens is 348 g/mol. The molecule has 0 heterocycles. The molecule has 4 unspecified atom stereocenters. The van der Waals surface area contributed by atoms with Crippen LogP contribution in [0.25, 0.3) is 22.3 Å². The lowest BCUT2D eigenvalue weighted by Crippen LogP contribution is -2.20. The van der Waals surface area contributed by atoms with E-state index in [1.807, 2.05) is 0 Å². The van der Waals surface area contributed by atoms with E-state index in [4.69, 9.17) is 0 Å². The number of hydrogen-bond donors (Lipinski definition) is 0. The summed E-state index contributed by atoms with van der Waals surface area (Å²) in [6.45, 7) is 0. The van der Waals surface area contributed by atoms with Crippen LogP contribution in [0.2, 0.25) is 0 Å². The van der Waals surface area contributed by atoms with Gasteiger partial charge in [0, 0.05) is 0 Å². The summed E-state index contributed by atoms with van der Waals surface area (Å²) in [4.78, 5) is 0. The van der Waals surface area contributed by atoms with E-state index in [1.54, 1.807) is 22.3 Å². The fourth-order valence-electron chi connectivity index (χ4n) is 6.73. The maximum absolute atomic E-state index is 2.40. The molecule has 0 saturated heterocycles. The first-order chi connectivity index (χ1) is 14.4. The molecule has 1 saturated carbocycles. The third kappa shape index (κ3) is 1.99. The molecule has 0 amide bonds. The first kappa shape index (κ1) is 15.8. The Balaban J connectivity index is 1.54. The van der Waals surface area contributed by atoms with Gasteiger partial charge in [-0.05, 0) is 74.6 Å². The van der Waals surface area contributed by atoms with Crippen LogP contribution in [-0.2, 0) is 0 Å². The van der Waals surface area contributed by atoms with E-state index in [1.165, 1.54) is 28.7 Å². The molecule has 1 fully saturated rings. The summed E-state index contributed by atoms with van der Waals surface area (Å²) >= 11 is 0. The van der Waals surface area contributed by atoms with Crippen molar-refractivity contribution in [2.75, 3.05) is 0 Å². The lowest BCUT2D eigenvalue weighted by molar-refractivity contribution is 0.546. The third-order valence-corrected chi connectivity index (χ3v) is 7.70. The summed E-state index contributed by atoms with van der Waals surface area (Å²) < 4.78 is 0. The predicted octanol–water partition coefficient (Wildman–Crippen LogP) is 7.49. The van der Waals surface area contributed by atoms with Gasteiger partial charge in [0.2, 0.25) is 0 Å². The molecular formula is C29H22. The van der Waals surface area contributed by atoms with E-state index in [0.717, 1.165) is 0 Å². The van der Waals surface area contributed by atoms with Crippen LogP contribution in [0.1, 0.15) is 52.3 Å². The van der Waals surface area contributed by atoms with Crippen LogP contribution in [0.15, 0.2) is 97.1 Å². The van der Waals surface area contributed by atoms with Crippen molar-refractivity contribution in [2.45, 2.75) is 30.1 Å². The molecule has 4 aromatic carbocycles. The van der Waals surface area contributed by atoms with Crippen LogP contribution in [0.5, 0.6) is 0 Å². The fraction of sp³-hybridized carbons (Fsp3) is 0.172. The Hall–Kier alpha value is -3.12. The average molecular weight is 370 g/mol. The van der Waals surface area contributed by atoms with E-state index in [-0.39, 0.29) is 0 Å². The Morgan fingerprint density at radius 1 is 0.379 bits per heavy atom. The minimum atomic E-state index is 0.556. The Labute approximate surface area is 171 Å². The summed E-state index contributed by atoms with van der Waals surface area (Å²) in [5, 5.41) is 0. The highest BCUT2D eigenvalue weighted by Gasteiger charge is 2.51. The zero-order chi connectivity index (χ0) is 18.9. The van der Waals surface area contributed by atoms with Gasteiger partial charge in [-0.25, -0.2) is 0 Å². The SMILES string of the molecule is c1ccc2c(c1)-c1ccccc1C1C2CC2c3ccccc3-c3ccccc3C21. The van der Waals surface area contributed by atoms with Gasteiger partial charge in [0.15, 0.2) is 0 Å². The molecule has 4 aromatic rings. The number of fused-ring (bicyclic) bond motifs is 13. The number of rotatable bonds is 0. The summed E-state index contributed by atoms with van der Waals surface area (Å²) in [6.07, 6.45) is 1.24. The second-order valence-electron chi connectivity index (χ2n) is 8.85. The van der Waals surface area contributed by atoms with E-state index in [0.29, 0.717) is 23.7 Å². The second kappa shape index (κ2) is 5.70. The van der Waals surface area contributed by atoms with Crippen LogP contribution in [0.3, 0.4) is 0 Å². The van der Waals surface area contributed by atoms with Gasteiger partial charge in [0.1, 0.15) is 0 Å². The normalized spacial score (nSPS) is 25.1. The smallest absolute Gasteiger partial charge is 0.00116 e. The van der Waals surface area contributed by atoms with Gasteiger partial charge in [-0.1, -0.05) is 97.1 Å². The highest BCUT2D eigenvalue weighted by Crippen LogP contribution is 2.67. The summed E-state index contributed by atoms with van der Waals surface area (Å²) in [5.74, 6) is 2.30. The first-order valence-corrected chi connectivity index (χ1v) is 10.8. The molecule has 7 rings (SSSR count). The van der Waals surface area contributed by atoms with E-state index in [9.17, 15) is 0 Å². The van der Waals surface area contributed by atoms with Gasteiger partial charge < -0.3 is 0 Å². The molecule has 0 radical (unpaired) electrons. The Bertz CT molecular complexity index is 1170. The van der Waals surface area contributed by atoms with Crippen LogP contribution in [0.4, 0.5) is 0 Å². The van der Waals surface area contributed by atoms with Crippen LogP contribution < -0.4 is 0 Å². The Morgan fingerprint density at radius 2 is 0.690 bits per heavy atom. The molecule has 0 bridgehead atoms. The molecule has 3 aliphatic rings. The maximum Gasteiger partial charge on any atom is -0.00116 e. The van der Waals surface area contributed by atoms with Crippen molar-refractivity contribution in [3.05, 3.63) is 119 Å². The van der Waals surface area contributed by atoms with Crippen molar-refractivity contribution in [3.8, 4) is 22.3 Å². The topological polar surface area (TPSA) is 0 Å². The fourth-order valence-corrected chi connectivity index (χ4v) is 6.73. The van der Waals surface area contributed by atoms with Gasteiger partial charge in [-0.15, -0.1) is 0 Å². The van der Waals surface area contributed by atoms with Crippen molar-refractivity contribution in [1.82, 2.24) is 0 Å². The van der Waals surface area contributed by atoms with Crippen LogP contribution >= 0.6 is 0 Å². The molecule has 0 aliphatic heterocycles. The number of hydrogen-bond acceptors (Lipinski definition) is 0. The summed E-state index contributed by atoms with van der Waals surface area (Å²) in [7, 11) is 0. The summed E-state index contributed by atoms with van der Waals surface area (Å²) in [6, 6.07) is 36.6. The largest absolute Gasteiger partial charge is 0.0619 e. The molecule has 0 N–H and O–H groups in total. The van der Waals surface area contributed by atoms with Crippen molar-refractivity contribution >= 4 is 0 Å². The minimum absolute atomic E-state index is 0.556. The molecule has 0 heteroatoms. The van der Waals surface area contributed by atoms with Crippen LogP contribution in [0, 0.1) is 0 Å². The van der Waals surface area contributed by atoms with Gasteiger partial charge in [-0.2, -0.15) is 0 Å². The van der Waals surface area contributed by atoms with Gasteiger partial charge in [0.25, 0.3) is 0 Å². The molecule has 0 nitrogen and oxygen atoms in total. The van der Waals surface area contributed by atoms with E-state index >= 15 is 0 Å². The average Bonchev–Trinajstić information content (AvgIpc) is 3.21. The Kier molecular flexibility index (Phi) is 3.10. The third-order valence-electron chi connectivity index (χ3n) is 7.70. The maximum atomic E-state index is 2.40. The quantitative estimate of drug-likeness (QED) is 0.301. The second-order valence-corrected chi connectivity index (χ2v) is 8.85. The number of benzene rings is 4. The van der Waals surface area contributed by atoms with Crippen LogP contribution in [-0.4, -0.2) is 0 Å². The standard InChI is InChI=1S/C29H22/c1-3-13-22-18(9-1)20-11-5-7-15-24(20)28-26(22)17-27-23-14-4-2-10-19(23)21-12-6-8-16-25(21)29(27)28/h1-16,26-29H,17H2. The molecule has 3 aliphatic carbocycles. The minimum Gasteiger partial charge on any atom is -0.0619 e. The highest BCUT2D eigenvalue weighted by molar-refractivity contribution is 5.80.